The minimum absolute atomic E-state index is 0.0597. The van der Waals surface area contributed by atoms with Crippen LogP contribution in [0, 0.1) is 12.8 Å². The Bertz CT molecular complexity index is 665. The van der Waals surface area contributed by atoms with Crippen LogP contribution in [0.1, 0.15) is 19.4 Å². The van der Waals surface area contributed by atoms with Crippen LogP contribution in [0.4, 0.5) is 0 Å². The summed E-state index contributed by atoms with van der Waals surface area (Å²) in [5.41, 5.74) is 0.726. The minimum atomic E-state index is -3.52. The molecule has 2 rings (SSSR count). The zero-order valence-corrected chi connectivity index (χ0v) is 15.4. The molecule has 0 unspecified atom stereocenters. The average molecular weight is 389 g/mol. The number of hydrogen-bond donors (Lipinski definition) is 0. The second-order valence-electron chi connectivity index (χ2n) is 5.79. The lowest BCUT2D eigenvalue weighted by molar-refractivity contribution is -0.135. The molecule has 0 atom stereocenters. The average Bonchev–Trinajstić information content (AvgIpc) is 2.48. The molecule has 1 aromatic rings. The van der Waals surface area contributed by atoms with Gasteiger partial charge in [-0.25, -0.2) is 8.42 Å². The summed E-state index contributed by atoms with van der Waals surface area (Å²) in [5, 5.41) is 0. The van der Waals surface area contributed by atoms with E-state index in [1.165, 1.54) is 4.31 Å². The van der Waals surface area contributed by atoms with Gasteiger partial charge in [0.15, 0.2) is 0 Å². The summed E-state index contributed by atoms with van der Waals surface area (Å²) in [6.07, 6.45) is 0. The summed E-state index contributed by atoms with van der Waals surface area (Å²) in [6.45, 7) is 7.08. The third-order valence-electron chi connectivity index (χ3n) is 3.81. The highest BCUT2D eigenvalue weighted by Crippen LogP contribution is 2.24. The third-order valence-corrected chi connectivity index (χ3v) is 6.35. The second-order valence-corrected chi connectivity index (χ2v) is 8.62. The van der Waals surface area contributed by atoms with Crippen LogP contribution >= 0.6 is 15.9 Å². The largest absolute Gasteiger partial charge is 0.340 e. The first-order chi connectivity index (χ1) is 10.2. The maximum atomic E-state index is 12.8. The first kappa shape index (κ1) is 17.4. The quantitative estimate of drug-likeness (QED) is 0.797. The SMILES string of the molecule is Cc1ccc(Br)cc1S(=O)(=O)N1CCN(C(=O)C(C)C)CC1. The number of rotatable bonds is 3. The van der Waals surface area contributed by atoms with Crippen molar-refractivity contribution in [3.8, 4) is 0 Å². The van der Waals surface area contributed by atoms with E-state index in [4.69, 9.17) is 0 Å². The van der Waals surface area contributed by atoms with E-state index in [0.29, 0.717) is 31.1 Å². The van der Waals surface area contributed by atoms with Gasteiger partial charge in [0.2, 0.25) is 15.9 Å². The summed E-state index contributed by atoms with van der Waals surface area (Å²) >= 11 is 3.32. The van der Waals surface area contributed by atoms with Gasteiger partial charge in [0.1, 0.15) is 0 Å². The predicted octanol–water partition coefficient (Wildman–Crippen LogP) is 2.25. The molecule has 5 nitrogen and oxygen atoms in total. The third kappa shape index (κ3) is 3.52. The predicted molar refractivity (Wildman–Crippen MR) is 89.1 cm³/mol. The topological polar surface area (TPSA) is 57.7 Å². The van der Waals surface area contributed by atoms with Crippen LogP contribution in [0.5, 0.6) is 0 Å². The van der Waals surface area contributed by atoms with Crippen molar-refractivity contribution in [3.63, 3.8) is 0 Å². The number of halogens is 1. The Balaban J connectivity index is 2.16. The molecule has 1 fully saturated rings. The number of carbonyl (C=O) groups is 1. The molecule has 1 saturated heterocycles. The molecule has 0 aliphatic carbocycles. The first-order valence-corrected chi connectivity index (χ1v) is 9.52. The van der Waals surface area contributed by atoms with Gasteiger partial charge >= 0.3 is 0 Å². The number of amides is 1. The fourth-order valence-corrected chi connectivity index (χ4v) is 4.69. The van der Waals surface area contributed by atoms with Gasteiger partial charge in [-0.3, -0.25) is 4.79 Å². The minimum Gasteiger partial charge on any atom is -0.340 e. The number of hydrogen-bond acceptors (Lipinski definition) is 3. The molecule has 1 amide bonds. The van der Waals surface area contributed by atoms with E-state index in [2.05, 4.69) is 15.9 Å². The van der Waals surface area contributed by atoms with Crippen molar-refractivity contribution < 1.29 is 13.2 Å². The molecule has 1 heterocycles. The summed E-state index contributed by atoms with van der Waals surface area (Å²) in [5.74, 6) is 0.0196. The molecule has 22 heavy (non-hydrogen) atoms. The summed E-state index contributed by atoms with van der Waals surface area (Å²) in [6, 6.07) is 5.25. The molecule has 0 N–H and O–H groups in total. The van der Waals surface area contributed by atoms with Crippen molar-refractivity contribution >= 4 is 31.9 Å². The first-order valence-electron chi connectivity index (χ1n) is 7.28. The molecule has 0 saturated carbocycles. The highest BCUT2D eigenvalue weighted by molar-refractivity contribution is 9.10. The Kier molecular flexibility index (Phi) is 5.29. The van der Waals surface area contributed by atoms with Crippen molar-refractivity contribution in [2.45, 2.75) is 25.7 Å². The molecule has 1 aromatic carbocycles. The van der Waals surface area contributed by atoms with E-state index in [0.717, 1.165) is 10.0 Å². The highest BCUT2D eigenvalue weighted by atomic mass is 79.9. The van der Waals surface area contributed by atoms with Crippen molar-refractivity contribution in [2.75, 3.05) is 26.2 Å². The zero-order chi connectivity index (χ0) is 16.5. The normalized spacial score (nSPS) is 17.0. The molecule has 0 radical (unpaired) electrons. The van der Waals surface area contributed by atoms with E-state index in [1.807, 2.05) is 19.9 Å². The van der Waals surface area contributed by atoms with Crippen LogP contribution in [0.2, 0.25) is 0 Å². The van der Waals surface area contributed by atoms with E-state index in [9.17, 15) is 13.2 Å². The number of piperazine rings is 1. The molecular formula is C15H21BrN2O3S. The van der Waals surface area contributed by atoms with Crippen LogP contribution in [0.3, 0.4) is 0 Å². The Hall–Kier alpha value is -0.920. The Morgan fingerprint density at radius 3 is 2.32 bits per heavy atom. The van der Waals surface area contributed by atoms with Crippen LogP contribution in [0.25, 0.3) is 0 Å². The Labute approximate surface area is 140 Å². The molecule has 1 aliphatic rings. The van der Waals surface area contributed by atoms with E-state index >= 15 is 0 Å². The van der Waals surface area contributed by atoms with E-state index < -0.39 is 10.0 Å². The smallest absolute Gasteiger partial charge is 0.243 e. The number of aryl methyl sites for hydroxylation is 1. The van der Waals surface area contributed by atoms with Gasteiger partial charge in [-0.05, 0) is 24.6 Å². The van der Waals surface area contributed by atoms with Crippen LogP contribution in [0.15, 0.2) is 27.6 Å². The lowest BCUT2D eigenvalue weighted by atomic mass is 10.2. The van der Waals surface area contributed by atoms with Gasteiger partial charge in [0.25, 0.3) is 0 Å². The van der Waals surface area contributed by atoms with E-state index in [1.54, 1.807) is 24.0 Å². The molecule has 0 spiro atoms. The monoisotopic (exact) mass is 388 g/mol. The van der Waals surface area contributed by atoms with Crippen molar-refractivity contribution in [3.05, 3.63) is 28.2 Å². The maximum absolute atomic E-state index is 12.8. The molecule has 0 aromatic heterocycles. The standard InChI is InChI=1S/C15H21BrN2O3S/c1-11(2)15(19)17-6-8-18(9-7-17)22(20,21)14-10-13(16)5-4-12(14)3/h4-5,10-11H,6-9H2,1-3H3. The molecule has 7 heteroatoms. The van der Waals surface area contributed by atoms with Gasteiger partial charge in [-0.1, -0.05) is 35.8 Å². The lowest BCUT2D eigenvalue weighted by Crippen LogP contribution is -2.51. The summed E-state index contributed by atoms with van der Waals surface area (Å²) in [7, 11) is -3.52. The van der Waals surface area contributed by atoms with Gasteiger partial charge in [0, 0.05) is 36.6 Å². The van der Waals surface area contributed by atoms with E-state index in [-0.39, 0.29) is 11.8 Å². The van der Waals surface area contributed by atoms with Crippen LogP contribution < -0.4 is 0 Å². The molecule has 1 aliphatic heterocycles. The Morgan fingerprint density at radius 2 is 1.77 bits per heavy atom. The van der Waals surface area contributed by atoms with Crippen LogP contribution in [-0.4, -0.2) is 49.7 Å². The highest BCUT2D eigenvalue weighted by Gasteiger charge is 2.31. The van der Waals surface area contributed by atoms with Crippen molar-refractivity contribution in [2.24, 2.45) is 5.92 Å². The molecule has 0 bridgehead atoms. The maximum Gasteiger partial charge on any atom is 0.243 e. The molecule has 122 valence electrons. The zero-order valence-electron chi connectivity index (χ0n) is 13.0. The second kappa shape index (κ2) is 6.68. The number of carbonyl (C=O) groups excluding carboxylic acids is 1. The van der Waals surface area contributed by atoms with Crippen molar-refractivity contribution in [1.82, 2.24) is 9.21 Å². The van der Waals surface area contributed by atoms with Gasteiger partial charge in [-0.15, -0.1) is 0 Å². The van der Waals surface area contributed by atoms with Gasteiger partial charge < -0.3 is 4.90 Å². The number of sulfonamides is 1. The number of nitrogens with zero attached hydrogens (tertiary/aromatic N) is 2. The lowest BCUT2D eigenvalue weighted by Gasteiger charge is -2.35. The Morgan fingerprint density at radius 1 is 1.18 bits per heavy atom. The summed E-state index contributed by atoms with van der Waals surface area (Å²) < 4.78 is 27.7. The summed E-state index contributed by atoms with van der Waals surface area (Å²) in [4.78, 5) is 14.0. The fourth-order valence-electron chi connectivity index (χ4n) is 2.50. The molecular weight excluding hydrogens is 368 g/mol. The van der Waals surface area contributed by atoms with Crippen molar-refractivity contribution in [1.29, 1.82) is 0 Å². The van der Waals surface area contributed by atoms with Gasteiger partial charge in [0.05, 0.1) is 4.90 Å². The van der Waals surface area contributed by atoms with Gasteiger partial charge in [-0.2, -0.15) is 4.31 Å². The fraction of sp³-hybridized carbons (Fsp3) is 0.533. The van der Waals surface area contributed by atoms with Crippen LogP contribution in [-0.2, 0) is 14.8 Å². The number of benzene rings is 1.